The molecule has 0 unspecified atom stereocenters. The molecule has 1 saturated heterocycles. The molecule has 0 atom stereocenters. The molecule has 5 nitrogen and oxygen atoms in total. The van der Waals surface area contributed by atoms with Crippen LogP contribution in [0.15, 0.2) is 12.1 Å². The van der Waals surface area contributed by atoms with Crippen molar-refractivity contribution in [2.45, 2.75) is 89.3 Å². The van der Waals surface area contributed by atoms with Crippen LogP contribution in [0.2, 0.25) is 0 Å². The lowest BCUT2D eigenvalue weighted by Crippen LogP contribution is -2.57. The van der Waals surface area contributed by atoms with E-state index in [1.54, 1.807) is 13.0 Å². The fraction of sp³-hybridized carbons (Fsp3) is 0.667. The SMILES string of the molecule is CC1(C)OB(c2cc3c(c(C(F)(F)F)c2)N([C@H]2C[C@@](C)(O)C2)C(=O)CC3)OC1(C)C. The molecule has 1 aromatic rings. The van der Waals surface area contributed by atoms with Crippen LogP contribution >= 0.6 is 0 Å². The van der Waals surface area contributed by atoms with Crippen molar-refractivity contribution in [3.8, 4) is 0 Å². The van der Waals surface area contributed by atoms with E-state index < -0.39 is 41.7 Å². The molecule has 3 aliphatic rings. The van der Waals surface area contributed by atoms with Gasteiger partial charge < -0.3 is 19.3 Å². The van der Waals surface area contributed by atoms with Gasteiger partial charge >= 0.3 is 13.3 Å². The summed E-state index contributed by atoms with van der Waals surface area (Å²) >= 11 is 0. The summed E-state index contributed by atoms with van der Waals surface area (Å²) in [5, 5.41) is 10.1. The maximum absolute atomic E-state index is 14.1. The van der Waals surface area contributed by atoms with E-state index in [9.17, 15) is 23.1 Å². The molecule has 0 aromatic heterocycles. The fourth-order valence-electron chi connectivity index (χ4n) is 4.54. The highest BCUT2D eigenvalue weighted by Gasteiger charge is 2.53. The topological polar surface area (TPSA) is 59.0 Å². The third-order valence-electron chi connectivity index (χ3n) is 6.88. The van der Waals surface area contributed by atoms with Gasteiger partial charge in [0.1, 0.15) is 0 Å². The molecule has 1 aliphatic carbocycles. The summed E-state index contributed by atoms with van der Waals surface area (Å²) in [7, 11) is -0.920. The number of anilines is 1. The molecule has 1 aromatic carbocycles. The Morgan fingerprint density at radius 3 is 2.13 bits per heavy atom. The molecular weight excluding hydrogens is 398 g/mol. The summed E-state index contributed by atoms with van der Waals surface area (Å²) in [4.78, 5) is 13.9. The standard InChI is InChI=1S/C21H27BF3NO4/c1-18(2)19(3,4)30-22(29-18)13-8-12-6-7-16(27)26(14-10-20(5,28)11-14)17(12)15(9-13)21(23,24)25/h8-9,14,28H,6-7,10-11H2,1-5H3/t14-,20+. The average Bonchev–Trinajstić information content (AvgIpc) is 2.78. The minimum atomic E-state index is -4.65. The van der Waals surface area contributed by atoms with Gasteiger partial charge in [-0.2, -0.15) is 13.2 Å². The zero-order valence-electron chi connectivity index (χ0n) is 17.9. The largest absolute Gasteiger partial charge is 0.494 e. The van der Waals surface area contributed by atoms with Gasteiger partial charge in [0.2, 0.25) is 5.91 Å². The lowest BCUT2D eigenvalue weighted by atomic mass is 9.73. The summed E-state index contributed by atoms with van der Waals surface area (Å²) in [6.45, 7) is 9.01. The molecule has 0 spiro atoms. The number of hydrogen-bond acceptors (Lipinski definition) is 4. The number of hydrogen-bond donors (Lipinski definition) is 1. The van der Waals surface area contributed by atoms with E-state index in [0.717, 1.165) is 6.07 Å². The fourth-order valence-corrected chi connectivity index (χ4v) is 4.54. The van der Waals surface area contributed by atoms with Crippen molar-refractivity contribution in [3.05, 3.63) is 23.3 Å². The van der Waals surface area contributed by atoms with Crippen LogP contribution in [0.5, 0.6) is 0 Å². The van der Waals surface area contributed by atoms with E-state index in [1.807, 2.05) is 27.7 Å². The van der Waals surface area contributed by atoms with Gasteiger partial charge in [-0.1, -0.05) is 6.07 Å². The molecule has 164 valence electrons. The number of aryl methyl sites for hydroxylation is 1. The van der Waals surface area contributed by atoms with Gasteiger partial charge in [-0.05, 0) is 71.0 Å². The average molecular weight is 425 g/mol. The number of amides is 1. The Hall–Kier alpha value is -1.58. The Balaban J connectivity index is 1.79. The van der Waals surface area contributed by atoms with Crippen molar-refractivity contribution < 1.29 is 32.4 Å². The highest BCUT2D eigenvalue weighted by Crippen LogP contribution is 2.46. The van der Waals surface area contributed by atoms with E-state index in [-0.39, 0.29) is 37.3 Å². The molecule has 2 aliphatic heterocycles. The predicted molar refractivity (Wildman–Crippen MR) is 107 cm³/mol. The number of carbonyl (C=O) groups excluding carboxylic acids is 1. The van der Waals surface area contributed by atoms with Crippen molar-refractivity contribution in [3.63, 3.8) is 0 Å². The number of halogens is 3. The van der Waals surface area contributed by atoms with Gasteiger partial charge in [-0.15, -0.1) is 0 Å². The van der Waals surface area contributed by atoms with Crippen molar-refractivity contribution in [2.75, 3.05) is 4.90 Å². The number of nitrogens with zero attached hydrogens (tertiary/aromatic N) is 1. The van der Waals surface area contributed by atoms with Gasteiger partial charge in [0.25, 0.3) is 0 Å². The molecule has 2 fully saturated rings. The summed E-state index contributed by atoms with van der Waals surface area (Å²) in [5.41, 5.74) is -2.49. The summed E-state index contributed by atoms with van der Waals surface area (Å²) in [6, 6.07) is 2.28. The molecule has 1 amide bonds. The molecule has 30 heavy (non-hydrogen) atoms. The van der Waals surface area contributed by atoms with Crippen molar-refractivity contribution >= 4 is 24.2 Å². The molecular formula is C21H27BF3NO4. The van der Waals surface area contributed by atoms with E-state index in [2.05, 4.69) is 0 Å². The number of rotatable bonds is 2. The Labute approximate surface area is 174 Å². The molecule has 1 saturated carbocycles. The molecule has 0 radical (unpaired) electrons. The predicted octanol–water partition coefficient (Wildman–Crippen LogP) is 3.20. The van der Waals surface area contributed by atoms with E-state index >= 15 is 0 Å². The Bertz CT molecular complexity index is 873. The highest BCUT2D eigenvalue weighted by atomic mass is 19.4. The first-order valence-corrected chi connectivity index (χ1v) is 10.3. The molecule has 1 N–H and O–H groups in total. The zero-order chi connectivity index (χ0) is 22.3. The molecule has 9 heteroatoms. The second-order valence-electron chi connectivity index (χ2n) is 9.98. The van der Waals surface area contributed by atoms with Crippen LogP contribution in [0.25, 0.3) is 0 Å². The minimum absolute atomic E-state index is 0.0838. The summed E-state index contributed by atoms with van der Waals surface area (Å²) in [6.07, 6.45) is -3.77. The lowest BCUT2D eigenvalue weighted by Gasteiger charge is -2.49. The van der Waals surface area contributed by atoms with Crippen LogP contribution in [-0.2, 0) is 26.7 Å². The Morgan fingerprint density at radius 2 is 1.63 bits per heavy atom. The van der Waals surface area contributed by atoms with Crippen molar-refractivity contribution in [1.82, 2.24) is 0 Å². The first-order chi connectivity index (χ1) is 13.6. The quantitative estimate of drug-likeness (QED) is 0.740. The van der Waals surface area contributed by atoms with Crippen molar-refractivity contribution in [2.24, 2.45) is 0 Å². The molecule has 4 rings (SSSR count). The minimum Gasteiger partial charge on any atom is -0.399 e. The van der Waals surface area contributed by atoms with Crippen LogP contribution in [0, 0.1) is 0 Å². The summed E-state index contributed by atoms with van der Waals surface area (Å²) < 4.78 is 54.3. The van der Waals surface area contributed by atoms with Gasteiger partial charge in [0, 0.05) is 12.5 Å². The smallest absolute Gasteiger partial charge is 0.399 e. The Kier molecular flexibility index (Phi) is 4.67. The van der Waals surface area contributed by atoms with Crippen LogP contribution in [0.1, 0.15) is 65.0 Å². The number of carbonyl (C=O) groups is 1. The number of fused-ring (bicyclic) bond motifs is 1. The van der Waals surface area contributed by atoms with Crippen LogP contribution in [-0.4, -0.2) is 41.0 Å². The Morgan fingerprint density at radius 1 is 1.07 bits per heavy atom. The van der Waals surface area contributed by atoms with Gasteiger partial charge in [-0.25, -0.2) is 0 Å². The van der Waals surface area contributed by atoms with Gasteiger partial charge in [0.15, 0.2) is 0 Å². The second-order valence-corrected chi connectivity index (χ2v) is 9.98. The lowest BCUT2D eigenvalue weighted by molar-refractivity contribution is -0.137. The number of benzene rings is 1. The first kappa shape index (κ1) is 21.6. The molecule has 0 bridgehead atoms. The van der Waals surface area contributed by atoms with Crippen LogP contribution < -0.4 is 10.4 Å². The monoisotopic (exact) mass is 425 g/mol. The van der Waals surface area contributed by atoms with E-state index in [0.29, 0.717) is 11.0 Å². The summed E-state index contributed by atoms with van der Waals surface area (Å²) in [5.74, 6) is -0.336. The van der Waals surface area contributed by atoms with E-state index in [1.165, 1.54) is 4.90 Å². The third-order valence-corrected chi connectivity index (χ3v) is 6.88. The molecule has 2 heterocycles. The number of alkyl halides is 3. The highest BCUT2D eigenvalue weighted by molar-refractivity contribution is 6.62. The zero-order valence-corrected chi connectivity index (χ0v) is 17.9. The van der Waals surface area contributed by atoms with Crippen molar-refractivity contribution in [1.29, 1.82) is 0 Å². The number of aliphatic hydroxyl groups is 1. The maximum atomic E-state index is 14.1. The third kappa shape index (κ3) is 3.44. The van der Waals surface area contributed by atoms with Crippen LogP contribution in [0.3, 0.4) is 0 Å². The van der Waals surface area contributed by atoms with Crippen LogP contribution in [0.4, 0.5) is 18.9 Å². The maximum Gasteiger partial charge on any atom is 0.494 e. The van der Waals surface area contributed by atoms with E-state index in [4.69, 9.17) is 9.31 Å². The van der Waals surface area contributed by atoms with Gasteiger partial charge in [0.05, 0.1) is 28.1 Å². The normalized spacial score (nSPS) is 30.3. The first-order valence-electron chi connectivity index (χ1n) is 10.3. The second kappa shape index (κ2) is 6.47. The van der Waals surface area contributed by atoms with Gasteiger partial charge in [-0.3, -0.25) is 4.79 Å².